The number of furan rings is 1. The van der Waals surface area contributed by atoms with Crippen LogP contribution in [0.5, 0.6) is 0 Å². The highest BCUT2D eigenvalue weighted by atomic mass is 35.5. The number of thiazole rings is 1. The number of aromatic nitrogens is 1. The Bertz CT molecular complexity index is 394. The highest BCUT2D eigenvalue weighted by Crippen LogP contribution is 2.30. The average molecular weight is 214 g/mol. The van der Waals surface area contributed by atoms with Crippen LogP contribution in [0.2, 0.25) is 0 Å². The minimum Gasteiger partial charge on any atom is -0.463 e. The van der Waals surface area contributed by atoms with Crippen LogP contribution in [0.3, 0.4) is 0 Å². The van der Waals surface area contributed by atoms with Gasteiger partial charge in [0.2, 0.25) is 0 Å². The molecule has 0 saturated heterocycles. The van der Waals surface area contributed by atoms with E-state index in [4.69, 9.17) is 16.0 Å². The molecule has 0 radical (unpaired) electrons. The number of hydrogen-bond acceptors (Lipinski definition) is 3. The third-order valence-corrected chi connectivity index (χ3v) is 3.28. The third kappa shape index (κ3) is 1.62. The van der Waals surface area contributed by atoms with Gasteiger partial charge >= 0.3 is 0 Å². The van der Waals surface area contributed by atoms with Crippen molar-refractivity contribution in [1.82, 2.24) is 4.98 Å². The van der Waals surface area contributed by atoms with Crippen LogP contribution in [0.1, 0.15) is 10.7 Å². The molecule has 0 unspecified atom stereocenters. The summed E-state index contributed by atoms with van der Waals surface area (Å²) in [5.74, 6) is 1.33. The largest absolute Gasteiger partial charge is 0.463 e. The molecule has 13 heavy (non-hydrogen) atoms. The molecular formula is C9H8ClNOS. The van der Waals surface area contributed by atoms with E-state index in [1.807, 2.05) is 19.1 Å². The molecule has 0 bridgehead atoms. The fraction of sp³-hybridized carbons (Fsp3) is 0.222. The van der Waals surface area contributed by atoms with E-state index >= 15 is 0 Å². The van der Waals surface area contributed by atoms with Crippen LogP contribution in [0.25, 0.3) is 10.6 Å². The summed E-state index contributed by atoms with van der Waals surface area (Å²) in [5, 5.41) is 0.936. The highest BCUT2D eigenvalue weighted by Gasteiger charge is 2.10. The van der Waals surface area contributed by atoms with Crippen molar-refractivity contribution < 1.29 is 4.42 Å². The van der Waals surface area contributed by atoms with Gasteiger partial charge in [0.05, 0.1) is 22.7 Å². The number of nitrogens with zero attached hydrogens (tertiary/aromatic N) is 1. The lowest BCUT2D eigenvalue weighted by Gasteiger charge is -1.89. The number of halogens is 1. The van der Waals surface area contributed by atoms with Crippen molar-refractivity contribution in [1.29, 1.82) is 0 Å². The molecule has 0 amide bonds. The Morgan fingerprint density at radius 2 is 2.46 bits per heavy atom. The number of alkyl halides is 1. The van der Waals surface area contributed by atoms with Crippen molar-refractivity contribution in [3.8, 4) is 10.6 Å². The molecule has 2 aromatic rings. The SMILES string of the molecule is Cc1nc(CCl)sc1-c1ccco1. The normalized spacial score (nSPS) is 10.6. The second-order valence-corrected chi connectivity index (χ2v) is 3.98. The molecule has 0 N–H and O–H groups in total. The van der Waals surface area contributed by atoms with Crippen LogP contribution in [-0.4, -0.2) is 4.98 Å². The molecule has 0 atom stereocenters. The lowest BCUT2D eigenvalue weighted by atomic mass is 10.3. The standard InChI is InChI=1S/C9H8ClNOS/c1-6-9(7-3-2-4-12-7)13-8(5-10)11-6/h2-4H,5H2,1H3. The Hall–Kier alpha value is -0.800. The Morgan fingerprint density at radius 3 is 3.00 bits per heavy atom. The molecule has 0 spiro atoms. The maximum atomic E-state index is 5.69. The molecule has 2 nitrogen and oxygen atoms in total. The Labute approximate surface area is 85.2 Å². The molecule has 0 aromatic carbocycles. The summed E-state index contributed by atoms with van der Waals surface area (Å²) in [6, 6.07) is 3.80. The predicted molar refractivity (Wildman–Crippen MR) is 54.1 cm³/mol. The van der Waals surface area contributed by atoms with Crippen molar-refractivity contribution in [2.75, 3.05) is 0 Å². The molecule has 4 heteroatoms. The van der Waals surface area contributed by atoms with Gasteiger partial charge in [0, 0.05) is 0 Å². The molecule has 68 valence electrons. The zero-order chi connectivity index (χ0) is 9.26. The van der Waals surface area contributed by atoms with Gasteiger partial charge in [-0.15, -0.1) is 22.9 Å². The van der Waals surface area contributed by atoms with E-state index in [0.29, 0.717) is 5.88 Å². The van der Waals surface area contributed by atoms with Gasteiger partial charge in [-0.2, -0.15) is 0 Å². The van der Waals surface area contributed by atoms with E-state index in [0.717, 1.165) is 21.3 Å². The molecule has 2 heterocycles. The van der Waals surface area contributed by atoms with Gasteiger partial charge < -0.3 is 4.42 Å². The molecule has 0 fully saturated rings. The summed E-state index contributed by atoms with van der Waals surface area (Å²) in [6.45, 7) is 1.96. The fourth-order valence-corrected chi connectivity index (χ4v) is 2.25. The smallest absolute Gasteiger partial charge is 0.145 e. The molecule has 0 aliphatic rings. The zero-order valence-electron chi connectivity index (χ0n) is 7.08. The van der Waals surface area contributed by atoms with Crippen LogP contribution < -0.4 is 0 Å². The predicted octanol–water partition coefficient (Wildman–Crippen LogP) is 3.45. The summed E-state index contributed by atoms with van der Waals surface area (Å²) in [4.78, 5) is 5.38. The lowest BCUT2D eigenvalue weighted by Crippen LogP contribution is -1.75. The van der Waals surface area contributed by atoms with E-state index in [1.165, 1.54) is 0 Å². The lowest BCUT2D eigenvalue weighted by molar-refractivity contribution is 0.583. The number of rotatable bonds is 2. The van der Waals surface area contributed by atoms with Crippen molar-refractivity contribution in [2.45, 2.75) is 12.8 Å². The number of hydrogen-bond donors (Lipinski definition) is 0. The summed E-state index contributed by atoms with van der Waals surface area (Å²) >= 11 is 7.27. The van der Waals surface area contributed by atoms with E-state index in [1.54, 1.807) is 17.6 Å². The van der Waals surface area contributed by atoms with E-state index in [9.17, 15) is 0 Å². The Morgan fingerprint density at radius 1 is 1.62 bits per heavy atom. The first kappa shape index (κ1) is 8.78. The minimum absolute atomic E-state index is 0.464. The molecular weight excluding hydrogens is 206 g/mol. The average Bonchev–Trinajstić information content (AvgIpc) is 2.72. The van der Waals surface area contributed by atoms with Crippen LogP contribution in [-0.2, 0) is 5.88 Å². The second-order valence-electron chi connectivity index (χ2n) is 2.63. The van der Waals surface area contributed by atoms with E-state index in [2.05, 4.69) is 4.98 Å². The highest BCUT2D eigenvalue weighted by molar-refractivity contribution is 7.15. The molecule has 0 aliphatic heterocycles. The first-order valence-corrected chi connectivity index (χ1v) is 5.22. The van der Waals surface area contributed by atoms with Crippen molar-refractivity contribution in [3.63, 3.8) is 0 Å². The third-order valence-electron chi connectivity index (χ3n) is 1.70. The Kier molecular flexibility index (Phi) is 2.38. The van der Waals surface area contributed by atoms with Crippen molar-refractivity contribution >= 4 is 22.9 Å². The van der Waals surface area contributed by atoms with Crippen LogP contribution >= 0.6 is 22.9 Å². The van der Waals surface area contributed by atoms with Crippen molar-refractivity contribution in [3.05, 3.63) is 29.1 Å². The minimum atomic E-state index is 0.464. The van der Waals surface area contributed by atoms with Gasteiger partial charge in [0.25, 0.3) is 0 Å². The monoisotopic (exact) mass is 213 g/mol. The quantitative estimate of drug-likeness (QED) is 0.715. The topological polar surface area (TPSA) is 26.0 Å². The molecule has 2 aromatic heterocycles. The second kappa shape index (κ2) is 3.52. The fourth-order valence-electron chi connectivity index (χ4n) is 1.15. The van der Waals surface area contributed by atoms with Crippen LogP contribution in [0.15, 0.2) is 22.8 Å². The van der Waals surface area contributed by atoms with Gasteiger partial charge in [-0.25, -0.2) is 4.98 Å². The van der Waals surface area contributed by atoms with Gasteiger partial charge in [-0.1, -0.05) is 0 Å². The maximum absolute atomic E-state index is 5.69. The van der Waals surface area contributed by atoms with Crippen molar-refractivity contribution in [2.24, 2.45) is 0 Å². The summed E-state index contributed by atoms with van der Waals surface area (Å²) in [7, 11) is 0. The molecule has 0 saturated carbocycles. The van der Waals surface area contributed by atoms with Gasteiger partial charge in [-0.05, 0) is 19.1 Å². The summed E-state index contributed by atoms with van der Waals surface area (Å²) < 4.78 is 5.29. The molecule has 2 rings (SSSR count). The van der Waals surface area contributed by atoms with E-state index in [-0.39, 0.29) is 0 Å². The first-order chi connectivity index (χ1) is 6.31. The van der Waals surface area contributed by atoms with Crippen LogP contribution in [0.4, 0.5) is 0 Å². The maximum Gasteiger partial charge on any atom is 0.145 e. The summed E-state index contributed by atoms with van der Waals surface area (Å²) in [5.41, 5.74) is 0.982. The van der Waals surface area contributed by atoms with E-state index < -0.39 is 0 Å². The first-order valence-electron chi connectivity index (χ1n) is 3.87. The number of aryl methyl sites for hydroxylation is 1. The van der Waals surface area contributed by atoms with Gasteiger partial charge in [-0.3, -0.25) is 0 Å². The Balaban J connectivity index is 2.46. The van der Waals surface area contributed by atoms with Gasteiger partial charge in [0.15, 0.2) is 0 Å². The zero-order valence-corrected chi connectivity index (χ0v) is 8.65. The summed E-state index contributed by atoms with van der Waals surface area (Å²) in [6.07, 6.45) is 1.66. The van der Waals surface area contributed by atoms with Crippen LogP contribution in [0, 0.1) is 6.92 Å². The van der Waals surface area contributed by atoms with Gasteiger partial charge in [0.1, 0.15) is 10.8 Å². The molecule has 0 aliphatic carbocycles.